The van der Waals surface area contributed by atoms with Gasteiger partial charge in [0.05, 0.1) is 5.69 Å². The zero-order valence-corrected chi connectivity index (χ0v) is 13.5. The van der Waals surface area contributed by atoms with Crippen LogP contribution < -0.4 is 10.6 Å². The van der Waals surface area contributed by atoms with Crippen molar-refractivity contribution in [1.82, 2.24) is 20.4 Å². The summed E-state index contributed by atoms with van der Waals surface area (Å²) in [4.78, 5) is 4.22. The molecule has 0 saturated carbocycles. The summed E-state index contributed by atoms with van der Waals surface area (Å²) in [6, 6.07) is 2.50. The molecular formula is C15H29N5. The highest BCUT2D eigenvalue weighted by Gasteiger charge is 2.03. The molecule has 2 N–H and O–H groups in total. The van der Waals surface area contributed by atoms with Crippen LogP contribution in [0.1, 0.15) is 45.9 Å². The molecule has 0 aliphatic heterocycles. The summed E-state index contributed by atoms with van der Waals surface area (Å²) in [5.41, 5.74) is 1.11. The van der Waals surface area contributed by atoms with Crippen molar-refractivity contribution in [3.63, 3.8) is 0 Å². The smallest absolute Gasteiger partial charge is 0.190 e. The number of rotatable bonds is 7. The zero-order chi connectivity index (χ0) is 15.0. The van der Waals surface area contributed by atoms with Crippen molar-refractivity contribution < 1.29 is 0 Å². The fourth-order valence-electron chi connectivity index (χ4n) is 1.81. The molecule has 0 aliphatic rings. The van der Waals surface area contributed by atoms with Crippen molar-refractivity contribution in [2.75, 3.05) is 20.1 Å². The molecule has 0 bridgehead atoms. The van der Waals surface area contributed by atoms with Crippen molar-refractivity contribution >= 4 is 5.96 Å². The predicted molar refractivity (Wildman–Crippen MR) is 85.1 cm³/mol. The largest absolute Gasteiger partial charge is 0.356 e. The third-order valence-electron chi connectivity index (χ3n) is 3.10. The van der Waals surface area contributed by atoms with Gasteiger partial charge in [-0.3, -0.25) is 9.67 Å². The van der Waals surface area contributed by atoms with E-state index in [1.807, 2.05) is 10.9 Å². The molecule has 1 heterocycles. The maximum atomic E-state index is 4.53. The van der Waals surface area contributed by atoms with Gasteiger partial charge in [-0.2, -0.15) is 5.10 Å². The van der Waals surface area contributed by atoms with Crippen molar-refractivity contribution in [3.8, 4) is 0 Å². The average molecular weight is 279 g/mol. The maximum Gasteiger partial charge on any atom is 0.190 e. The summed E-state index contributed by atoms with van der Waals surface area (Å²) in [6.07, 6.45) is 4.10. The van der Waals surface area contributed by atoms with E-state index in [-0.39, 0.29) is 0 Å². The normalized spacial score (nSPS) is 12.2. The van der Waals surface area contributed by atoms with Crippen LogP contribution in [0.2, 0.25) is 0 Å². The van der Waals surface area contributed by atoms with E-state index in [0.29, 0.717) is 12.0 Å². The average Bonchev–Trinajstić information content (AvgIpc) is 2.85. The van der Waals surface area contributed by atoms with E-state index in [1.165, 1.54) is 0 Å². The van der Waals surface area contributed by atoms with Gasteiger partial charge in [-0.15, -0.1) is 0 Å². The summed E-state index contributed by atoms with van der Waals surface area (Å²) in [6.45, 7) is 10.5. The first kappa shape index (κ1) is 16.5. The minimum absolute atomic E-state index is 0.419. The van der Waals surface area contributed by atoms with Gasteiger partial charge >= 0.3 is 0 Å². The Morgan fingerprint density at radius 1 is 1.25 bits per heavy atom. The molecule has 0 atom stereocenters. The summed E-state index contributed by atoms with van der Waals surface area (Å²) < 4.78 is 1.99. The molecule has 0 radical (unpaired) electrons. The molecule has 0 fully saturated rings. The number of guanidine groups is 1. The lowest BCUT2D eigenvalue weighted by molar-refractivity contribution is 0.525. The Kier molecular flexibility index (Phi) is 7.12. The van der Waals surface area contributed by atoms with Gasteiger partial charge < -0.3 is 10.6 Å². The number of nitrogens with zero attached hydrogens (tertiary/aromatic N) is 3. The number of nitrogens with one attached hydrogen (secondary N) is 2. The predicted octanol–water partition coefficient (Wildman–Crippen LogP) is 2.22. The molecule has 0 spiro atoms. The monoisotopic (exact) mass is 279 g/mol. The molecule has 0 saturated heterocycles. The molecule has 1 aromatic heterocycles. The Balaban J connectivity index is 2.27. The first-order valence-corrected chi connectivity index (χ1v) is 7.51. The standard InChI is InChI=1S/C15H29N5/c1-12(2)6-9-17-15(16-5)18-10-7-14-8-11-20(19-14)13(3)4/h8,11-13H,6-7,9-10H2,1-5H3,(H2,16,17,18). The van der Waals surface area contributed by atoms with Gasteiger partial charge in [-0.05, 0) is 32.3 Å². The lowest BCUT2D eigenvalue weighted by Crippen LogP contribution is -2.39. The highest BCUT2D eigenvalue weighted by Crippen LogP contribution is 2.04. The fraction of sp³-hybridized carbons (Fsp3) is 0.733. The molecule has 5 nitrogen and oxygen atoms in total. The third-order valence-corrected chi connectivity index (χ3v) is 3.10. The Labute approximate surface area is 122 Å². The highest BCUT2D eigenvalue weighted by molar-refractivity contribution is 5.79. The van der Waals surface area contributed by atoms with Crippen LogP contribution in [0, 0.1) is 5.92 Å². The van der Waals surface area contributed by atoms with Gasteiger partial charge in [-0.1, -0.05) is 13.8 Å². The summed E-state index contributed by atoms with van der Waals surface area (Å²) in [7, 11) is 1.80. The molecule has 1 rings (SSSR count). The second kappa shape index (κ2) is 8.61. The molecule has 0 aliphatic carbocycles. The quantitative estimate of drug-likeness (QED) is 0.594. The van der Waals surface area contributed by atoms with Crippen LogP contribution in [0.25, 0.3) is 0 Å². The molecule has 5 heteroatoms. The van der Waals surface area contributed by atoms with E-state index in [1.54, 1.807) is 7.05 Å². The SMILES string of the molecule is CN=C(NCCc1ccn(C(C)C)n1)NCCC(C)C. The van der Waals surface area contributed by atoms with Gasteiger partial charge in [0.2, 0.25) is 0 Å². The Hall–Kier alpha value is -1.52. The number of hydrogen-bond donors (Lipinski definition) is 2. The summed E-state index contributed by atoms with van der Waals surface area (Å²) in [5.74, 6) is 1.58. The van der Waals surface area contributed by atoms with Crippen LogP contribution in [0.5, 0.6) is 0 Å². The van der Waals surface area contributed by atoms with Crippen LogP contribution in [0.3, 0.4) is 0 Å². The van der Waals surface area contributed by atoms with Gasteiger partial charge in [0.1, 0.15) is 0 Å². The van der Waals surface area contributed by atoms with Crippen molar-refractivity contribution in [2.24, 2.45) is 10.9 Å². The number of hydrogen-bond acceptors (Lipinski definition) is 2. The van der Waals surface area contributed by atoms with Gasteiger partial charge in [-0.25, -0.2) is 0 Å². The minimum Gasteiger partial charge on any atom is -0.356 e. The second-order valence-electron chi connectivity index (χ2n) is 5.74. The minimum atomic E-state index is 0.419. The molecule has 0 unspecified atom stereocenters. The van der Waals surface area contributed by atoms with Gasteiger partial charge in [0.25, 0.3) is 0 Å². The van der Waals surface area contributed by atoms with Crippen LogP contribution in [-0.2, 0) is 6.42 Å². The van der Waals surface area contributed by atoms with E-state index in [4.69, 9.17) is 0 Å². The lowest BCUT2D eigenvalue weighted by atomic mass is 10.1. The van der Waals surface area contributed by atoms with E-state index >= 15 is 0 Å². The van der Waals surface area contributed by atoms with Crippen LogP contribution in [0.4, 0.5) is 0 Å². The molecule has 0 amide bonds. The Morgan fingerprint density at radius 2 is 1.95 bits per heavy atom. The molecular weight excluding hydrogens is 250 g/mol. The molecule has 1 aromatic rings. The van der Waals surface area contributed by atoms with E-state index in [2.05, 4.69) is 54.5 Å². The van der Waals surface area contributed by atoms with Crippen molar-refractivity contribution in [1.29, 1.82) is 0 Å². The maximum absolute atomic E-state index is 4.53. The molecule has 0 aromatic carbocycles. The van der Waals surface area contributed by atoms with E-state index < -0.39 is 0 Å². The van der Waals surface area contributed by atoms with Gasteiger partial charge in [0, 0.05) is 38.8 Å². The first-order valence-electron chi connectivity index (χ1n) is 7.51. The number of aromatic nitrogens is 2. The molecule has 114 valence electrons. The number of aliphatic imine (C=N–C) groups is 1. The Morgan fingerprint density at radius 3 is 2.50 bits per heavy atom. The third kappa shape index (κ3) is 6.08. The van der Waals surface area contributed by atoms with Crippen LogP contribution >= 0.6 is 0 Å². The fourth-order valence-corrected chi connectivity index (χ4v) is 1.81. The zero-order valence-electron chi connectivity index (χ0n) is 13.5. The van der Waals surface area contributed by atoms with Crippen molar-refractivity contribution in [3.05, 3.63) is 18.0 Å². The van der Waals surface area contributed by atoms with E-state index in [0.717, 1.165) is 37.6 Å². The molecule has 20 heavy (non-hydrogen) atoms. The Bertz CT molecular complexity index is 406. The van der Waals surface area contributed by atoms with Gasteiger partial charge in [0.15, 0.2) is 5.96 Å². The summed E-state index contributed by atoms with van der Waals surface area (Å²) in [5, 5.41) is 11.2. The lowest BCUT2D eigenvalue weighted by Gasteiger charge is -2.12. The summed E-state index contributed by atoms with van der Waals surface area (Å²) >= 11 is 0. The van der Waals surface area contributed by atoms with E-state index in [9.17, 15) is 0 Å². The van der Waals surface area contributed by atoms with Crippen molar-refractivity contribution in [2.45, 2.75) is 46.6 Å². The highest BCUT2D eigenvalue weighted by atomic mass is 15.3. The topological polar surface area (TPSA) is 54.2 Å². The van der Waals surface area contributed by atoms with Crippen LogP contribution in [-0.4, -0.2) is 35.9 Å². The first-order chi connectivity index (χ1) is 9.52. The second-order valence-corrected chi connectivity index (χ2v) is 5.74. The van der Waals surface area contributed by atoms with Crippen LogP contribution in [0.15, 0.2) is 17.3 Å².